The first-order chi connectivity index (χ1) is 14.4. The van der Waals surface area contributed by atoms with E-state index in [1.807, 2.05) is 0 Å². The minimum Gasteiger partial charge on any atom is -0.450 e. The maximum atomic E-state index is 8.56. The summed E-state index contributed by atoms with van der Waals surface area (Å²) >= 11 is -1.68. The van der Waals surface area contributed by atoms with Crippen molar-refractivity contribution in [1.29, 1.82) is 0 Å². The first kappa shape index (κ1) is 35.5. The molecule has 0 atom stereocenters. The van der Waals surface area contributed by atoms with Gasteiger partial charge in [-0.05, 0) is 0 Å². The molecule has 0 fully saturated rings. The third-order valence-electron chi connectivity index (χ3n) is 5.30. The fourth-order valence-corrected chi connectivity index (χ4v) is 22.2. The van der Waals surface area contributed by atoms with Crippen LogP contribution in [0.15, 0.2) is 0 Å². The van der Waals surface area contributed by atoms with E-state index in [2.05, 4.69) is 41.5 Å². The molecule has 0 aliphatic carbocycles. The molecular formula is C25H56O3Sn2. The molecule has 0 rings (SSSR count). The van der Waals surface area contributed by atoms with E-state index in [9.17, 15) is 0 Å². The topological polar surface area (TPSA) is 57.5 Å². The van der Waals surface area contributed by atoms with Gasteiger partial charge in [0.2, 0.25) is 0 Å². The van der Waals surface area contributed by atoms with Gasteiger partial charge in [-0.2, -0.15) is 0 Å². The predicted octanol–water partition coefficient (Wildman–Crippen LogP) is 9.99. The molecule has 2 radical (unpaired) electrons. The Hall–Kier alpha value is 0.867. The van der Waals surface area contributed by atoms with Gasteiger partial charge < -0.3 is 10.2 Å². The van der Waals surface area contributed by atoms with Crippen LogP contribution < -0.4 is 0 Å². The second kappa shape index (κ2) is 32.0. The first-order valence-corrected chi connectivity index (χ1v) is 25.1. The van der Waals surface area contributed by atoms with Crippen molar-refractivity contribution in [2.45, 2.75) is 145 Å². The summed E-state index contributed by atoms with van der Waals surface area (Å²) in [5, 5.41) is 13.9. The van der Waals surface area contributed by atoms with Crippen LogP contribution in [0.3, 0.4) is 0 Å². The van der Waals surface area contributed by atoms with Crippen LogP contribution in [0.25, 0.3) is 0 Å². The van der Waals surface area contributed by atoms with Gasteiger partial charge in [-0.1, -0.05) is 0 Å². The molecule has 0 aromatic rings. The van der Waals surface area contributed by atoms with Crippen molar-refractivity contribution in [3.05, 3.63) is 0 Å². The Labute approximate surface area is 204 Å². The molecular weight excluding hydrogens is 586 g/mol. The van der Waals surface area contributed by atoms with Crippen LogP contribution in [-0.2, 0) is 0 Å². The van der Waals surface area contributed by atoms with Crippen LogP contribution in [0, 0.1) is 0 Å². The summed E-state index contributed by atoms with van der Waals surface area (Å²) < 4.78 is 10.1. The number of hydrogen-bond acceptors (Lipinski definition) is 1. The summed E-state index contributed by atoms with van der Waals surface area (Å²) in [5.74, 6) is 0. The van der Waals surface area contributed by atoms with Gasteiger partial charge in [0.05, 0.1) is 0 Å². The Bertz CT molecular complexity index is 249. The van der Waals surface area contributed by atoms with Crippen molar-refractivity contribution in [3.63, 3.8) is 0 Å². The second-order valence-corrected chi connectivity index (χ2v) is 25.5. The molecule has 2 N–H and O–H groups in total. The van der Waals surface area contributed by atoms with Gasteiger partial charge >= 0.3 is 191 Å². The molecule has 3 nitrogen and oxygen atoms in total. The van der Waals surface area contributed by atoms with E-state index in [-0.39, 0.29) is 0 Å². The van der Waals surface area contributed by atoms with Crippen molar-refractivity contribution < 1.29 is 15.0 Å². The molecule has 0 aliphatic rings. The van der Waals surface area contributed by atoms with Crippen LogP contribution in [-0.4, -0.2) is 55.9 Å². The van der Waals surface area contributed by atoms with Gasteiger partial charge in [0.15, 0.2) is 0 Å². The average molecular weight is 642 g/mol. The van der Waals surface area contributed by atoms with Gasteiger partial charge in [0.1, 0.15) is 0 Å². The molecule has 5 heteroatoms. The van der Waals surface area contributed by atoms with Crippen molar-refractivity contribution in [2.75, 3.05) is 0 Å². The van der Waals surface area contributed by atoms with E-state index in [0.29, 0.717) is 0 Å². The van der Waals surface area contributed by atoms with Gasteiger partial charge in [-0.3, -0.25) is 0 Å². The Kier molecular flexibility index (Phi) is 37.9. The average Bonchev–Trinajstić information content (AvgIpc) is 2.72. The van der Waals surface area contributed by atoms with E-state index < -0.39 is 45.7 Å². The maximum Gasteiger partial charge on any atom is 0.503 e. The predicted molar refractivity (Wildman–Crippen MR) is 140 cm³/mol. The molecule has 0 saturated heterocycles. The number of unbranched alkanes of at least 4 members (excludes halogenated alkanes) is 6. The van der Waals surface area contributed by atoms with Crippen molar-refractivity contribution in [1.82, 2.24) is 0 Å². The third kappa shape index (κ3) is 36.3. The quantitative estimate of drug-likeness (QED) is 0.146. The summed E-state index contributed by atoms with van der Waals surface area (Å²) in [7, 11) is 0. The zero-order valence-corrected chi connectivity index (χ0v) is 27.2. The van der Waals surface area contributed by atoms with Crippen LogP contribution in [0.2, 0.25) is 26.6 Å². The second-order valence-electron chi connectivity index (χ2n) is 8.40. The van der Waals surface area contributed by atoms with E-state index in [4.69, 9.17) is 15.0 Å². The molecule has 0 aliphatic heterocycles. The molecule has 0 saturated carbocycles. The number of carbonyl (C=O) groups is 1. The van der Waals surface area contributed by atoms with Gasteiger partial charge in [0, 0.05) is 0 Å². The van der Waals surface area contributed by atoms with Crippen molar-refractivity contribution in [3.8, 4) is 0 Å². The molecule has 182 valence electrons. The Morgan fingerprint density at radius 3 is 0.700 bits per heavy atom. The van der Waals surface area contributed by atoms with E-state index in [1.165, 1.54) is 77.0 Å². The zero-order valence-electron chi connectivity index (χ0n) is 21.5. The zero-order chi connectivity index (χ0) is 23.5. The molecule has 0 aromatic carbocycles. The standard InChI is InChI=1S/6C4H9.CH2O3.2Sn/c6*1-3-4-2;2-1(3)4;;/h6*1,3-4H2,2H3;(H2,2,3,4);;. The fourth-order valence-electron chi connectivity index (χ4n) is 3.31. The molecule has 0 bridgehead atoms. The number of rotatable bonds is 18. The normalized spacial score (nSPS) is 10.4. The van der Waals surface area contributed by atoms with Gasteiger partial charge in [-0.15, -0.1) is 0 Å². The fraction of sp³-hybridized carbons (Fsp3) is 0.960. The molecule has 0 unspecified atom stereocenters. The Morgan fingerprint density at radius 1 is 0.467 bits per heavy atom. The third-order valence-corrected chi connectivity index (χ3v) is 23.5. The van der Waals surface area contributed by atoms with Crippen LogP contribution in [0.1, 0.15) is 119 Å². The summed E-state index contributed by atoms with van der Waals surface area (Å²) in [4.78, 5) is 8.56. The number of hydrogen-bond donors (Lipinski definition) is 2. The monoisotopic (exact) mass is 644 g/mol. The van der Waals surface area contributed by atoms with E-state index >= 15 is 0 Å². The minimum absolute atomic E-state index is 0.839. The number of carboxylic acid groups (broad SMARTS) is 2. The van der Waals surface area contributed by atoms with E-state index in [0.717, 1.165) is 0 Å². The SMILES string of the molecule is CCC[CH2][Sn]([CH2]CCC)[CH2]CCC.CCC[CH2][Sn]([CH2]CCC)[CH2]CCC.O=C(O)O. The maximum absolute atomic E-state index is 8.56. The summed E-state index contributed by atoms with van der Waals surface area (Å²) in [6, 6.07) is 0. The largest absolute Gasteiger partial charge is 0.503 e. The van der Waals surface area contributed by atoms with E-state index in [1.54, 1.807) is 26.6 Å². The Morgan fingerprint density at radius 2 is 0.600 bits per heavy atom. The summed E-state index contributed by atoms with van der Waals surface area (Å²) in [6.07, 6.45) is 15.9. The molecule has 0 spiro atoms. The first-order valence-electron chi connectivity index (χ1n) is 13.0. The molecule has 0 amide bonds. The summed E-state index contributed by atoms with van der Waals surface area (Å²) in [6.45, 7) is 14.0. The van der Waals surface area contributed by atoms with Crippen LogP contribution in [0.5, 0.6) is 0 Å². The Balaban J connectivity index is -0.000000412. The molecule has 30 heavy (non-hydrogen) atoms. The van der Waals surface area contributed by atoms with Gasteiger partial charge in [0.25, 0.3) is 0 Å². The van der Waals surface area contributed by atoms with Crippen molar-refractivity contribution in [2.24, 2.45) is 0 Å². The van der Waals surface area contributed by atoms with Crippen LogP contribution in [0.4, 0.5) is 4.79 Å². The molecule has 0 aromatic heterocycles. The van der Waals surface area contributed by atoms with Crippen molar-refractivity contribution >= 4 is 45.7 Å². The minimum atomic E-state index is -1.83. The summed E-state index contributed by atoms with van der Waals surface area (Å²) in [5.41, 5.74) is 0. The smallest absolute Gasteiger partial charge is 0.450 e. The van der Waals surface area contributed by atoms with Crippen LogP contribution >= 0.6 is 0 Å². The molecule has 0 heterocycles. The van der Waals surface area contributed by atoms with Gasteiger partial charge in [-0.25, -0.2) is 4.79 Å².